The van der Waals surface area contributed by atoms with Crippen molar-refractivity contribution in [2.45, 2.75) is 131 Å². The number of aromatic amines is 1. The largest absolute Gasteiger partial charge is 0.462 e. The maximum absolute atomic E-state index is 12.8. The Hall–Kier alpha value is -3.90. The number of carbonyl (C=O) groups is 4. The van der Waals surface area contributed by atoms with Crippen LogP contribution in [0.2, 0.25) is 0 Å². The number of nitrogens with zero attached hydrogens (tertiary/aromatic N) is 1. The summed E-state index contributed by atoms with van der Waals surface area (Å²) in [5.41, 5.74) is 2.22. The van der Waals surface area contributed by atoms with Crippen molar-refractivity contribution in [1.82, 2.24) is 20.6 Å². The van der Waals surface area contributed by atoms with Gasteiger partial charge in [0.25, 0.3) is 5.56 Å². The maximum atomic E-state index is 12.8. The summed E-state index contributed by atoms with van der Waals surface area (Å²) >= 11 is 0. The van der Waals surface area contributed by atoms with Crippen LogP contribution in [0.25, 0.3) is 0 Å². The summed E-state index contributed by atoms with van der Waals surface area (Å²) in [5, 5.41) is 7.47. The van der Waals surface area contributed by atoms with Crippen molar-refractivity contribution in [3.05, 3.63) is 33.8 Å². The predicted octanol–water partition coefficient (Wildman–Crippen LogP) is 6.68. The highest BCUT2D eigenvalue weighted by molar-refractivity contribution is 5.89. The van der Waals surface area contributed by atoms with Gasteiger partial charge in [0.1, 0.15) is 19.3 Å². The molecule has 384 valence electrons. The van der Waals surface area contributed by atoms with E-state index in [1.807, 2.05) is 0 Å². The van der Waals surface area contributed by atoms with E-state index < -0.39 is 17.6 Å². The van der Waals surface area contributed by atoms with Crippen LogP contribution in [-0.2, 0) is 47.5 Å². The first kappa shape index (κ1) is 55.0. The lowest BCUT2D eigenvalue weighted by Gasteiger charge is -2.58. The Bertz CT molecular complexity index is 1840. The number of carbonyl (C=O) groups excluding carboxylic acids is 4. The Morgan fingerprint density at radius 1 is 0.779 bits per heavy atom. The molecule has 0 aliphatic heterocycles. The highest BCUT2D eigenvalue weighted by Gasteiger charge is 2.59. The van der Waals surface area contributed by atoms with Gasteiger partial charge in [0.15, 0.2) is 0 Å². The molecule has 3 fully saturated rings. The number of hydrogen-bond donors (Lipinski definition) is 4. The third-order valence-electron chi connectivity index (χ3n) is 15.2. The number of urea groups is 1. The summed E-state index contributed by atoms with van der Waals surface area (Å²) in [5.74, 6) is 3.64. The van der Waals surface area contributed by atoms with Crippen molar-refractivity contribution in [2.75, 3.05) is 91.1 Å². The summed E-state index contributed by atoms with van der Waals surface area (Å²) < 4.78 is 38.4. The number of ether oxygens (including phenoxy) is 7. The molecule has 8 atom stereocenters. The predicted molar refractivity (Wildman–Crippen MR) is 257 cm³/mol. The van der Waals surface area contributed by atoms with Crippen LogP contribution in [0.4, 0.5) is 10.7 Å². The topological polar surface area (TPSA) is 215 Å². The molecule has 0 unspecified atom stereocenters. The number of nitrogens with one attached hydrogen (secondary N) is 4. The molecule has 4 N–H and O–H groups in total. The summed E-state index contributed by atoms with van der Waals surface area (Å²) in [6, 6.07) is 0.567. The Balaban J connectivity index is 0.791. The van der Waals surface area contributed by atoms with Crippen LogP contribution in [0.15, 0.2) is 22.5 Å². The summed E-state index contributed by atoms with van der Waals surface area (Å²) in [6.45, 7) is 17.5. The number of rotatable bonds is 30. The Kier molecular flexibility index (Phi) is 22.7. The van der Waals surface area contributed by atoms with E-state index in [0.29, 0.717) is 77.1 Å². The van der Waals surface area contributed by atoms with Crippen molar-refractivity contribution in [3.63, 3.8) is 0 Å². The van der Waals surface area contributed by atoms with Crippen LogP contribution < -0.4 is 21.5 Å². The van der Waals surface area contributed by atoms with Gasteiger partial charge in [0, 0.05) is 31.1 Å². The first-order chi connectivity index (χ1) is 32.7. The number of esters is 2. The number of anilines is 1. The fourth-order valence-corrected chi connectivity index (χ4v) is 11.8. The molecule has 4 aliphatic carbocycles. The fraction of sp³-hybridized carbons (Fsp3) is 0.804. The van der Waals surface area contributed by atoms with E-state index in [2.05, 4.69) is 66.6 Å². The lowest BCUT2D eigenvalue weighted by atomic mass is 9.47. The lowest BCUT2D eigenvalue weighted by molar-refractivity contribution is -0.152. The van der Waals surface area contributed by atoms with Crippen LogP contribution in [0.3, 0.4) is 0 Å². The van der Waals surface area contributed by atoms with Crippen LogP contribution >= 0.6 is 0 Å². The minimum atomic E-state index is -0.717. The molecule has 0 radical (unpaired) electrons. The fourth-order valence-electron chi connectivity index (χ4n) is 11.8. The van der Waals surface area contributed by atoms with Crippen molar-refractivity contribution in [3.8, 4) is 0 Å². The molecular weight excluding hydrogens is 875 g/mol. The molecule has 17 nitrogen and oxygen atoms in total. The highest BCUT2D eigenvalue weighted by Crippen LogP contribution is 2.67. The molecule has 1 aromatic heterocycles. The molecule has 3 saturated carbocycles. The van der Waals surface area contributed by atoms with Gasteiger partial charge < -0.3 is 43.8 Å². The standard InChI is InChI=1S/C51H83N5O12/c1-35(2)8-7-9-36(3)41-12-13-42-40-11-10-38-33-39(16-18-50(38,5)43(40)17-19-51(41,42)6)68-46(59)15-14-44(57)52-20-21-62-22-23-63-24-25-64-26-27-65-28-29-66-30-31-67-47(60)34-53-49(61)56-48-54-37(4)32-45(58)55-48/h10,32,35-36,39-43H,7-9,11-31,33-34H2,1-6H3,(H,52,57)(H3,53,54,55,56,58,61)/t36-,39+,40+,41-,42+,43+,50+,51-/m1/s1. The van der Waals surface area contributed by atoms with E-state index in [1.54, 1.807) is 6.92 Å². The summed E-state index contributed by atoms with van der Waals surface area (Å²) in [4.78, 5) is 66.7. The molecule has 17 heteroatoms. The second-order valence-corrected chi connectivity index (χ2v) is 20.3. The number of aryl methyl sites for hydroxylation is 1. The smallest absolute Gasteiger partial charge is 0.325 e. The van der Waals surface area contributed by atoms with Crippen LogP contribution in [-0.4, -0.2) is 126 Å². The third kappa shape index (κ3) is 17.2. The molecule has 0 bridgehead atoms. The number of amides is 3. The van der Waals surface area contributed by atoms with Gasteiger partial charge in [0.05, 0.1) is 72.5 Å². The van der Waals surface area contributed by atoms with Gasteiger partial charge in [-0.05, 0) is 98.2 Å². The van der Waals surface area contributed by atoms with Gasteiger partial charge in [-0.25, -0.2) is 9.78 Å². The average Bonchev–Trinajstić information content (AvgIpc) is 3.65. The van der Waals surface area contributed by atoms with Crippen molar-refractivity contribution in [2.24, 2.45) is 46.3 Å². The number of fused-ring (bicyclic) bond motifs is 5. The Morgan fingerprint density at radius 2 is 1.44 bits per heavy atom. The molecule has 0 aromatic carbocycles. The van der Waals surface area contributed by atoms with Gasteiger partial charge in [-0.2, -0.15) is 0 Å². The van der Waals surface area contributed by atoms with E-state index in [9.17, 15) is 24.0 Å². The molecule has 4 aliphatic rings. The van der Waals surface area contributed by atoms with Crippen molar-refractivity contribution >= 4 is 29.8 Å². The van der Waals surface area contributed by atoms with Gasteiger partial charge >= 0.3 is 18.0 Å². The van der Waals surface area contributed by atoms with E-state index in [-0.39, 0.29) is 61.9 Å². The third-order valence-corrected chi connectivity index (χ3v) is 15.2. The second-order valence-electron chi connectivity index (χ2n) is 20.3. The molecule has 5 rings (SSSR count). The van der Waals surface area contributed by atoms with Gasteiger partial charge in [-0.15, -0.1) is 0 Å². The SMILES string of the molecule is Cc1cc(=O)[nH]c(NC(=O)NCC(=O)OCCOCCOCCOCCOCCOCCNC(=O)CCC(=O)O[C@H]2CC[C@@]3(C)C(=CC[C@H]4[C@@H]5CC[C@H]([C@H](C)CCCC(C)C)[C@@]5(C)CC[C@@H]43)C2)n1. The van der Waals surface area contributed by atoms with Gasteiger partial charge in [-0.3, -0.25) is 29.5 Å². The van der Waals surface area contributed by atoms with Crippen LogP contribution in [0.5, 0.6) is 0 Å². The zero-order valence-electron chi connectivity index (χ0n) is 41.9. The average molecular weight is 958 g/mol. The maximum Gasteiger partial charge on any atom is 0.325 e. The second kappa shape index (κ2) is 28.1. The van der Waals surface area contributed by atoms with E-state index in [4.69, 9.17) is 33.2 Å². The summed E-state index contributed by atoms with van der Waals surface area (Å²) in [6.07, 6.45) is 16.2. The minimum Gasteiger partial charge on any atom is -0.462 e. The van der Waals surface area contributed by atoms with E-state index >= 15 is 0 Å². The molecule has 68 heavy (non-hydrogen) atoms. The first-order valence-electron chi connectivity index (χ1n) is 25.5. The van der Waals surface area contributed by atoms with E-state index in [1.165, 1.54) is 63.0 Å². The molecule has 1 aromatic rings. The number of allylic oxidation sites excluding steroid dienone is 1. The number of H-pyrrole nitrogens is 1. The molecule has 1 heterocycles. The Morgan fingerprint density at radius 3 is 2.10 bits per heavy atom. The molecule has 3 amide bonds. The monoisotopic (exact) mass is 958 g/mol. The summed E-state index contributed by atoms with van der Waals surface area (Å²) in [7, 11) is 0. The first-order valence-corrected chi connectivity index (χ1v) is 25.5. The number of hydrogen-bond acceptors (Lipinski definition) is 13. The van der Waals surface area contributed by atoms with Crippen molar-refractivity contribution < 1.29 is 52.3 Å². The normalized spacial score (nSPS) is 25.6. The zero-order valence-corrected chi connectivity index (χ0v) is 41.9. The van der Waals surface area contributed by atoms with Crippen LogP contribution in [0, 0.1) is 53.3 Å². The molecule has 0 saturated heterocycles. The molecule has 0 spiro atoms. The zero-order chi connectivity index (χ0) is 48.9. The van der Waals surface area contributed by atoms with Gasteiger partial charge in [-0.1, -0.05) is 65.5 Å². The lowest BCUT2D eigenvalue weighted by Crippen LogP contribution is -2.51. The van der Waals surface area contributed by atoms with Crippen LogP contribution in [0.1, 0.15) is 124 Å². The van der Waals surface area contributed by atoms with Gasteiger partial charge in [0.2, 0.25) is 11.9 Å². The van der Waals surface area contributed by atoms with Crippen molar-refractivity contribution in [1.29, 1.82) is 0 Å². The Labute approximate surface area is 404 Å². The van der Waals surface area contributed by atoms with E-state index in [0.717, 1.165) is 54.8 Å². The number of aromatic nitrogens is 2. The highest BCUT2D eigenvalue weighted by atomic mass is 16.6. The molecular formula is C51H83N5O12. The quantitative estimate of drug-likeness (QED) is 0.0361. The minimum absolute atomic E-state index is 0.0116.